The summed E-state index contributed by atoms with van der Waals surface area (Å²) in [5, 5.41) is 3.40. The van der Waals surface area contributed by atoms with Crippen molar-refractivity contribution in [3.05, 3.63) is 77.0 Å². The molecule has 0 saturated heterocycles. The first-order chi connectivity index (χ1) is 18.9. The van der Waals surface area contributed by atoms with Gasteiger partial charge in [0.1, 0.15) is 12.5 Å². The van der Waals surface area contributed by atoms with Crippen LogP contribution in [-0.4, -0.2) is 43.8 Å². The number of hydrogen-bond donors (Lipinski definition) is 1. The molecule has 4 aromatic rings. The number of carbonyl (C=O) groups excluding carboxylic acids is 1. The molecule has 0 spiro atoms. The Morgan fingerprint density at radius 3 is 2.82 bits per heavy atom. The largest absolute Gasteiger partial charge is 0.477 e. The van der Waals surface area contributed by atoms with E-state index in [1.54, 1.807) is 37.4 Å². The summed E-state index contributed by atoms with van der Waals surface area (Å²) in [6.07, 6.45) is 1.61. The second kappa shape index (κ2) is 11.5. The van der Waals surface area contributed by atoms with Crippen LogP contribution >= 0.6 is 0 Å². The molecule has 5 rings (SSSR count). The molecule has 3 aromatic heterocycles. The standard InChI is InChI=1S/C27H23F3N4O4S/c1-2-38-27-19(5-4-17(10-28)33-27)22-6-3-15-11-31-18(9-23(15)34-22)12-32-26(35)16-7-21(29)20-13-37-14-25(30)39(36)24(20)8-16/h3-9,11,25H,2,10,12-14H2,1H3,(H,32,35). The van der Waals surface area contributed by atoms with Gasteiger partial charge in [-0.1, -0.05) is 0 Å². The quantitative estimate of drug-likeness (QED) is 0.356. The molecule has 1 amide bonds. The summed E-state index contributed by atoms with van der Waals surface area (Å²) in [6.45, 7) is 0.787. The van der Waals surface area contributed by atoms with Crippen molar-refractivity contribution in [3.8, 4) is 17.1 Å². The number of carbonyl (C=O) groups is 1. The lowest BCUT2D eigenvalue weighted by atomic mass is 10.1. The molecule has 0 bridgehead atoms. The van der Waals surface area contributed by atoms with Crippen molar-refractivity contribution in [2.45, 2.75) is 37.1 Å². The van der Waals surface area contributed by atoms with E-state index in [9.17, 15) is 22.2 Å². The van der Waals surface area contributed by atoms with Gasteiger partial charge in [-0.05, 0) is 49.4 Å². The number of amides is 1. The Morgan fingerprint density at radius 1 is 1.18 bits per heavy atom. The Bertz CT molecular complexity index is 1590. The summed E-state index contributed by atoms with van der Waals surface area (Å²) in [5.41, 5.74) is 0.554. The number of aromatic nitrogens is 3. The highest BCUT2D eigenvalue weighted by Crippen LogP contribution is 2.30. The monoisotopic (exact) mass is 556 g/mol. The highest BCUT2D eigenvalue weighted by Gasteiger charge is 2.28. The molecule has 0 radical (unpaired) electrons. The molecule has 0 aliphatic carbocycles. The predicted molar refractivity (Wildman–Crippen MR) is 137 cm³/mol. The number of hydrogen-bond acceptors (Lipinski definition) is 7. The zero-order valence-corrected chi connectivity index (χ0v) is 21.6. The van der Waals surface area contributed by atoms with Gasteiger partial charge < -0.3 is 14.8 Å². The van der Waals surface area contributed by atoms with E-state index >= 15 is 0 Å². The topological polar surface area (TPSA) is 103 Å². The number of alkyl halides is 2. The average molecular weight is 557 g/mol. The van der Waals surface area contributed by atoms with Crippen molar-refractivity contribution in [3.63, 3.8) is 0 Å². The SMILES string of the molecule is CCOc1nc(CF)ccc1-c1ccc2cnc(CNC(=O)c3cc(F)c4c(c3)S(=O)C(F)COC4)cc2n1. The van der Waals surface area contributed by atoms with Gasteiger partial charge in [-0.15, -0.1) is 0 Å². The van der Waals surface area contributed by atoms with Crippen molar-refractivity contribution in [2.75, 3.05) is 13.2 Å². The van der Waals surface area contributed by atoms with E-state index in [0.29, 0.717) is 29.1 Å². The highest BCUT2D eigenvalue weighted by molar-refractivity contribution is 7.85. The van der Waals surface area contributed by atoms with Crippen molar-refractivity contribution in [1.82, 2.24) is 20.3 Å². The van der Waals surface area contributed by atoms with Crippen molar-refractivity contribution in [1.29, 1.82) is 0 Å². The zero-order chi connectivity index (χ0) is 27.5. The van der Waals surface area contributed by atoms with Gasteiger partial charge in [0.2, 0.25) is 11.4 Å². The van der Waals surface area contributed by atoms with Gasteiger partial charge >= 0.3 is 0 Å². The number of nitrogens with zero attached hydrogens (tertiary/aromatic N) is 3. The van der Waals surface area contributed by atoms with Gasteiger partial charge in [-0.2, -0.15) is 0 Å². The lowest BCUT2D eigenvalue weighted by Crippen LogP contribution is -2.24. The molecule has 1 aliphatic rings. The molecule has 1 aromatic carbocycles. The number of fused-ring (bicyclic) bond motifs is 2. The van der Waals surface area contributed by atoms with Crippen LogP contribution in [-0.2, 0) is 35.4 Å². The smallest absolute Gasteiger partial charge is 0.251 e. The highest BCUT2D eigenvalue weighted by atomic mass is 32.2. The molecular weight excluding hydrogens is 533 g/mol. The summed E-state index contributed by atoms with van der Waals surface area (Å²) >= 11 is 0. The molecule has 202 valence electrons. The van der Waals surface area contributed by atoms with Crippen molar-refractivity contribution in [2.24, 2.45) is 0 Å². The third-order valence-corrected chi connectivity index (χ3v) is 7.43. The maximum absolute atomic E-state index is 14.6. The second-order valence-electron chi connectivity index (χ2n) is 8.63. The molecular formula is C27H23F3N4O4S. The Labute approximate surface area is 224 Å². The third-order valence-electron chi connectivity index (χ3n) is 6.03. The summed E-state index contributed by atoms with van der Waals surface area (Å²) in [7, 11) is -2.16. The molecule has 4 heterocycles. The third kappa shape index (κ3) is 5.62. The van der Waals surface area contributed by atoms with Crippen LogP contribution in [0.1, 0.15) is 34.2 Å². The average Bonchev–Trinajstić information content (AvgIpc) is 3.09. The van der Waals surface area contributed by atoms with Crippen LogP contribution in [0.5, 0.6) is 5.88 Å². The van der Waals surface area contributed by atoms with E-state index in [-0.39, 0.29) is 40.7 Å². The van der Waals surface area contributed by atoms with E-state index in [2.05, 4.69) is 20.3 Å². The lowest BCUT2D eigenvalue weighted by molar-refractivity contribution is 0.0942. The summed E-state index contributed by atoms with van der Waals surface area (Å²) < 4.78 is 64.8. The van der Waals surface area contributed by atoms with Crippen molar-refractivity contribution >= 4 is 27.6 Å². The van der Waals surface area contributed by atoms with Crippen LogP contribution in [0.3, 0.4) is 0 Å². The Balaban J connectivity index is 1.37. The number of pyridine rings is 3. The molecule has 2 unspecified atom stereocenters. The number of ether oxygens (including phenoxy) is 2. The number of nitrogens with one attached hydrogen (secondary N) is 1. The molecule has 0 fully saturated rings. The maximum atomic E-state index is 14.6. The van der Waals surface area contributed by atoms with E-state index < -0.39 is 41.3 Å². The lowest BCUT2D eigenvalue weighted by Gasteiger charge is -2.12. The first-order valence-electron chi connectivity index (χ1n) is 12.1. The Morgan fingerprint density at radius 2 is 2.03 bits per heavy atom. The zero-order valence-electron chi connectivity index (χ0n) is 20.7. The molecule has 2 atom stereocenters. The van der Waals surface area contributed by atoms with Gasteiger partial charge in [-0.25, -0.2) is 23.1 Å². The van der Waals surface area contributed by atoms with Crippen LogP contribution in [0, 0.1) is 5.82 Å². The fraction of sp³-hybridized carbons (Fsp3) is 0.259. The minimum atomic E-state index is -2.16. The fourth-order valence-corrected chi connectivity index (χ4v) is 5.23. The number of benzene rings is 1. The maximum Gasteiger partial charge on any atom is 0.251 e. The van der Waals surface area contributed by atoms with E-state index in [0.717, 1.165) is 11.5 Å². The molecule has 39 heavy (non-hydrogen) atoms. The van der Waals surface area contributed by atoms with Gasteiger partial charge in [0.05, 0.1) is 70.2 Å². The van der Waals surface area contributed by atoms with Gasteiger partial charge in [0.15, 0.2) is 0 Å². The minimum absolute atomic E-state index is 0.00568. The van der Waals surface area contributed by atoms with Crippen molar-refractivity contribution < 1.29 is 31.6 Å². The predicted octanol–water partition coefficient (Wildman–Crippen LogP) is 4.56. The number of rotatable bonds is 7. The van der Waals surface area contributed by atoms with Crippen LogP contribution in [0.25, 0.3) is 22.2 Å². The first-order valence-corrected chi connectivity index (χ1v) is 13.3. The van der Waals surface area contributed by atoms with Crippen LogP contribution in [0.2, 0.25) is 0 Å². The first kappa shape index (κ1) is 26.7. The van der Waals surface area contributed by atoms with E-state index in [1.807, 2.05) is 6.07 Å². The molecule has 0 saturated carbocycles. The van der Waals surface area contributed by atoms with E-state index in [1.165, 1.54) is 6.07 Å². The molecule has 1 aliphatic heterocycles. The second-order valence-corrected chi connectivity index (χ2v) is 10.2. The Hall–Kier alpha value is -3.90. The van der Waals surface area contributed by atoms with Crippen LogP contribution < -0.4 is 10.1 Å². The molecule has 1 N–H and O–H groups in total. The van der Waals surface area contributed by atoms with Gasteiger partial charge in [0, 0.05) is 22.7 Å². The molecule has 8 nitrogen and oxygen atoms in total. The molecule has 12 heteroatoms. The normalized spacial score (nSPS) is 16.9. The van der Waals surface area contributed by atoms with Gasteiger partial charge in [0.25, 0.3) is 5.91 Å². The van der Waals surface area contributed by atoms with E-state index in [4.69, 9.17) is 9.47 Å². The van der Waals surface area contributed by atoms with Crippen LogP contribution in [0.15, 0.2) is 53.6 Å². The minimum Gasteiger partial charge on any atom is -0.477 e. The fourth-order valence-electron chi connectivity index (χ4n) is 4.09. The summed E-state index contributed by atoms with van der Waals surface area (Å²) in [6, 6.07) is 10.8. The summed E-state index contributed by atoms with van der Waals surface area (Å²) in [5.74, 6) is -1.15. The summed E-state index contributed by atoms with van der Waals surface area (Å²) in [4.78, 5) is 25.9. The van der Waals surface area contributed by atoms with Gasteiger partial charge in [-0.3, -0.25) is 14.0 Å². The Kier molecular flexibility index (Phi) is 7.84. The number of halogens is 3. The van der Waals surface area contributed by atoms with Crippen LogP contribution in [0.4, 0.5) is 13.2 Å².